The van der Waals surface area contributed by atoms with Crippen LogP contribution < -0.4 is 20.7 Å². The van der Waals surface area contributed by atoms with Crippen molar-refractivity contribution in [2.45, 2.75) is 32.4 Å². The van der Waals surface area contributed by atoms with Gasteiger partial charge in [-0.2, -0.15) is 0 Å². The van der Waals surface area contributed by atoms with Crippen molar-refractivity contribution >= 4 is 28.6 Å². The zero-order valence-electron chi connectivity index (χ0n) is 18.7. The molecule has 0 fully saturated rings. The zero-order valence-corrected chi connectivity index (χ0v) is 18.7. The summed E-state index contributed by atoms with van der Waals surface area (Å²) in [6.07, 6.45) is 2.73. The SMILES string of the molecule is CC(C)(C)OC(=O)NC[C@@H](COc1cccc(F)c1)NC(=O)Nc1cccc2cnccc12. The lowest BCUT2D eigenvalue weighted by molar-refractivity contribution is 0.0519. The molecule has 3 rings (SSSR count). The number of carbonyl (C=O) groups is 2. The summed E-state index contributed by atoms with van der Waals surface area (Å²) in [5.74, 6) is -0.131. The van der Waals surface area contributed by atoms with Crippen molar-refractivity contribution in [1.29, 1.82) is 0 Å². The summed E-state index contributed by atoms with van der Waals surface area (Å²) in [6.45, 7) is 5.29. The lowest BCUT2D eigenvalue weighted by atomic mass is 10.1. The van der Waals surface area contributed by atoms with E-state index in [2.05, 4.69) is 20.9 Å². The van der Waals surface area contributed by atoms with Crippen LogP contribution in [0.15, 0.2) is 60.9 Å². The number of amides is 3. The van der Waals surface area contributed by atoms with Gasteiger partial charge in [-0.15, -0.1) is 0 Å². The first-order chi connectivity index (χ1) is 15.7. The predicted octanol–water partition coefficient (Wildman–Crippen LogP) is 4.47. The van der Waals surface area contributed by atoms with Gasteiger partial charge in [0.2, 0.25) is 0 Å². The highest BCUT2D eigenvalue weighted by atomic mass is 19.1. The van der Waals surface area contributed by atoms with E-state index in [1.54, 1.807) is 51.4 Å². The maximum absolute atomic E-state index is 13.4. The monoisotopic (exact) mass is 454 g/mol. The van der Waals surface area contributed by atoms with Crippen LogP contribution in [0.5, 0.6) is 5.75 Å². The van der Waals surface area contributed by atoms with Gasteiger partial charge in [0, 0.05) is 35.8 Å². The molecule has 33 heavy (non-hydrogen) atoms. The number of halogens is 1. The molecule has 174 valence electrons. The second-order valence-electron chi connectivity index (χ2n) is 8.35. The Morgan fingerprint density at radius 2 is 1.91 bits per heavy atom. The number of hydrogen-bond donors (Lipinski definition) is 3. The third-order valence-electron chi connectivity index (χ3n) is 4.40. The van der Waals surface area contributed by atoms with Crippen LogP contribution in [-0.2, 0) is 4.74 Å². The molecule has 1 atom stereocenters. The summed E-state index contributed by atoms with van der Waals surface area (Å²) in [4.78, 5) is 28.8. The molecule has 0 saturated carbocycles. The van der Waals surface area contributed by atoms with Gasteiger partial charge < -0.3 is 25.4 Å². The van der Waals surface area contributed by atoms with Crippen LogP contribution in [0.1, 0.15) is 20.8 Å². The fraction of sp³-hybridized carbons (Fsp3) is 0.292. The van der Waals surface area contributed by atoms with E-state index in [0.29, 0.717) is 11.4 Å². The topological polar surface area (TPSA) is 102 Å². The standard InChI is InChI=1S/C24H27FN4O4/c1-24(2,3)33-23(31)27-14-18(15-32-19-8-5-7-17(25)12-19)28-22(30)29-21-9-4-6-16-13-26-11-10-20(16)21/h4-13,18H,14-15H2,1-3H3,(H,27,31)(H2,28,29,30)/t18-/m0/s1. The van der Waals surface area contributed by atoms with Gasteiger partial charge in [0.15, 0.2) is 0 Å². The molecular formula is C24H27FN4O4. The van der Waals surface area contributed by atoms with Crippen LogP contribution in [0.3, 0.4) is 0 Å². The zero-order chi connectivity index (χ0) is 23.8. The van der Waals surface area contributed by atoms with Crippen molar-refractivity contribution in [3.63, 3.8) is 0 Å². The smallest absolute Gasteiger partial charge is 0.407 e. The van der Waals surface area contributed by atoms with E-state index >= 15 is 0 Å². The lowest BCUT2D eigenvalue weighted by Gasteiger charge is -2.23. The molecule has 1 aromatic heterocycles. The van der Waals surface area contributed by atoms with Gasteiger partial charge in [0.05, 0.1) is 11.7 Å². The van der Waals surface area contributed by atoms with E-state index in [1.807, 2.05) is 12.1 Å². The fourth-order valence-electron chi connectivity index (χ4n) is 3.00. The Morgan fingerprint density at radius 3 is 2.67 bits per heavy atom. The van der Waals surface area contributed by atoms with Crippen molar-refractivity contribution in [3.05, 3.63) is 66.7 Å². The van der Waals surface area contributed by atoms with Gasteiger partial charge >= 0.3 is 12.1 Å². The van der Waals surface area contributed by atoms with Crippen LogP contribution in [0.25, 0.3) is 10.8 Å². The van der Waals surface area contributed by atoms with Gasteiger partial charge in [-0.25, -0.2) is 14.0 Å². The Hall–Kier alpha value is -3.88. The number of pyridine rings is 1. The Kier molecular flexibility index (Phi) is 7.66. The van der Waals surface area contributed by atoms with Crippen molar-refractivity contribution in [2.75, 3.05) is 18.5 Å². The second-order valence-corrected chi connectivity index (χ2v) is 8.35. The van der Waals surface area contributed by atoms with E-state index in [-0.39, 0.29) is 13.2 Å². The van der Waals surface area contributed by atoms with Gasteiger partial charge in [-0.3, -0.25) is 4.98 Å². The molecule has 0 radical (unpaired) electrons. The van der Waals surface area contributed by atoms with Gasteiger partial charge in [0.1, 0.15) is 23.8 Å². The molecule has 3 N–H and O–H groups in total. The highest BCUT2D eigenvalue weighted by molar-refractivity contribution is 6.01. The molecule has 2 aromatic carbocycles. The molecule has 3 amide bonds. The van der Waals surface area contributed by atoms with E-state index in [9.17, 15) is 14.0 Å². The summed E-state index contributed by atoms with van der Waals surface area (Å²) in [6, 6.07) is 11.8. The Bertz CT molecular complexity index is 1110. The first-order valence-corrected chi connectivity index (χ1v) is 10.4. The van der Waals surface area contributed by atoms with Crippen LogP contribution in [0.2, 0.25) is 0 Å². The number of aromatic nitrogens is 1. The minimum absolute atomic E-state index is 0.00781. The largest absolute Gasteiger partial charge is 0.491 e. The Balaban J connectivity index is 1.66. The third-order valence-corrected chi connectivity index (χ3v) is 4.40. The molecule has 0 bridgehead atoms. The highest BCUT2D eigenvalue weighted by Crippen LogP contribution is 2.22. The summed E-state index contributed by atoms with van der Waals surface area (Å²) in [5, 5.41) is 9.93. The molecule has 0 aliphatic heterocycles. The minimum atomic E-state index is -0.661. The number of fused-ring (bicyclic) bond motifs is 1. The van der Waals surface area contributed by atoms with Crippen LogP contribution >= 0.6 is 0 Å². The number of carbonyl (C=O) groups excluding carboxylic acids is 2. The summed E-state index contributed by atoms with van der Waals surface area (Å²) >= 11 is 0. The number of rotatable bonds is 7. The van der Waals surface area contributed by atoms with Gasteiger partial charge in [-0.1, -0.05) is 18.2 Å². The number of ether oxygens (including phenoxy) is 2. The normalized spacial score (nSPS) is 12.0. The minimum Gasteiger partial charge on any atom is -0.491 e. The van der Waals surface area contributed by atoms with Crippen LogP contribution in [0, 0.1) is 5.82 Å². The summed E-state index contributed by atoms with van der Waals surface area (Å²) < 4.78 is 24.3. The number of nitrogens with one attached hydrogen (secondary N) is 3. The number of nitrogens with zero attached hydrogens (tertiary/aromatic N) is 1. The highest BCUT2D eigenvalue weighted by Gasteiger charge is 2.19. The average molecular weight is 455 g/mol. The van der Waals surface area contributed by atoms with Gasteiger partial charge in [0.25, 0.3) is 0 Å². The van der Waals surface area contributed by atoms with Crippen LogP contribution in [-0.4, -0.2) is 41.9 Å². The quantitative estimate of drug-likeness (QED) is 0.489. The van der Waals surface area contributed by atoms with Crippen molar-refractivity contribution < 1.29 is 23.5 Å². The van der Waals surface area contributed by atoms with E-state index < -0.39 is 29.6 Å². The molecule has 0 unspecified atom stereocenters. The number of benzene rings is 2. The lowest BCUT2D eigenvalue weighted by Crippen LogP contribution is -2.49. The number of alkyl carbamates (subject to hydrolysis) is 1. The fourth-order valence-corrected chi connectivity index (χ4v) is 3.00. The van der Waals surface area contributed by atoms with Crippen LogP contribution in [0.4, 0.5) is 19.7 Å². The second kappa shape index (κ2) is 10.6. The predicted molar refractivity (Wildman–Crippen MR) is 124 cm³/mol. The maximum atomic E-state index is 13.4. The molecule has 3 aromatic rings. The van der Waals surface area contributed by atoms with E-state index in [0.717, 1.165) is 10.8 Å². The molecular weight excluding hydrogens is 427 g/mol. The van der Waals surface area contributed by atoms with Gasteiger partial charge in [-0.05, 0) is 45.0 Å². The number of urea groups is 1. The first kappa shape index (κ1) is 23.8. The summed E-state index contributed by atoms with van der Waals surface area (Å²) in [7, 11) is 0. The van der Waals surface area contributed by atoms with Crippen molar-refractivity contribution in [2.24, 2.45) is 0 Å². The molecule has 0 saturated heterocycles. The van der Waals surface area contributed by atoms with Crippen molar-refractivity contribution in [1.82, 2.24) is 15.6 Å². The third kappa shape index (κ3) is 7.64. The molecule has 0 spiro atoms. The molecule has 8 nitrogen and oxygen atoms in total. The maximum Gasteiger partial charge on any atom is 0.407 e. The molecule has 0 aliphatic rings. The number of anilines is 1. The van der Waals surface area contributed by atoms with Crippen molar-refractivity contribution in [3.8, 4) is 5.75 Å². The van der Waals surface area contributed by atoms with E-state index in [1.165, 1.54) is 18.2 Å². The Labute approximate surface area is 191 Å². The molecule has 1 heterocycles. The van der Waals surface area contributed by atoms with E-state index in [4.69, 9.17) is 9.47 Å². The first-order valence-electron chi connectivity index (χ1n) is 10.4. The molecule has 0 aliphatic carbocycles. The Morgan fingerprint density at radius 1 is 1.12 bits per heavy atom. The number of hydrogen-bond acceptors (Lipinski definition) is 5. The molecule has 9 heteroatoms. The summed E-state index contributed by atoms with van der Waals surface area (Å²) in [5.41, 5.74) is -0.0524. The average Bonchev–Trinajstić information content (AvgIpc) is 2.75.